The van der Waals surface area contributed by atoms with Crippen molar-refractivity contribution in [1.82, 2.24) is 0 Å². The van der Waals surface area contributed by atoms with Gasteiger partial charge in [0.2, 0.25) is 0 Å². The highest BCUT2D eigenvalue weighted by molar-refractivity contribution is 9.10. The molecule has 0 spiro atoms. The van der Waals surface area contributed by atoms with Crippen LogP contribution < -0.4 is 5.32 Å². The van der Waals surface area contributed by atoms with Crippen LogP contribution in [-0.2, 0) is 4.74 Å². The molecule has 1 aliphatic rings. The first-order valence-electron chi connectivity index (χ1n) is 5.87. The summed E-state index contributed by atoms with van der Waals surface area (Å²) in [5.41, 5.74) is 0.651. The minimum Gasteiger partial charge on any atom is -0.379 e. The first-order valence-corrected chi connectivity index (χ1v) is 6.66. The lowest BCUT2D eigenvalue weighted by atomic mass is 10.0. The van der Waals surface area contributed by atoms with Gasteiger partial charge in [-0.15, -0.1) is 0 Å². The molecule has 2 atom stereocenters. The number of hydrogen-bond acceptors (Lipinski definition) is 4. The van der Waals surface area contributed by atoms with Crippen LogP contribution >= 0.6 is 15.9 Å². The van der Waals surface area contributed by atoms with Crippen molar-refractivity contribution in [3.05, 3.63) is 32.8 Å². The summed E-state index contributed by atoms with van der Waals surface area (Å²) in [6, 6.07) is 4.91. The smallest absolute Gasteiger partial charge is 0.292 e. The molecule has 1 saturated heterocycles. The number of anilines is 1. The predicted molar refractivity (Wildman–Crippen MR) is 72.8 cm³/mol. The van der Waals surface area contributed by atoms with Gasteiger partial charge in [-0.05, 0) is 25.5 Å². The maximum atomic E-state index is 10.9. The lowest BCUT2D eigenvalue weighted by Crippen LogP contribution is -2.21. The Hall–Kier alpha value is -1.14. The second kappa shape index (κ2) is 5.67. The molecule has 18 heavy (non-hydrogen) atoms. The SMILES string of the molecule is CC1OCCC1CNc1cc(Br)ccc1[N+](=O)[O-]. The lowest BCUT2D eigenvalue weighted by molar-refractivity contribution is -0.384. The monoisotopic (exact) mass is 314 g/mol. The summed E-state index contributed by atoms with van der Waals surface area (Å²) >= 11 is 3.32. The fourth-order valence-electron chi connectivity index (χ4n) is 2.09. The normalized spacial score (nSPS) is 23.0. The number of hydrogen-bond donors (Lipinski definition) is 1. The molecule has 1 aromatic rings. The highest BCUT2D eigenvalue weighted by Gasteiger charge is 2.24. The minimum atomic E-state index is -0.372. The molecule has 2 unspecified atom stereocenters. The third-order valence-electron chi connectivity index (χ3n) is 3.24. The highest BCUT2D eigenvalue weighted by Crippen LogP contribution is 2.29. The number of nitro groups is 1. The van der Waals surface area contributed by atoms with Crippen LogP contribution in [0.25, 0.3) is 0 Å². The highest BCUT2D eigenvalue weighted by atomic mass is 79.9. The molecule has 1 fully saturated rings. The Labute approximate surface area is 114 Å². The summed E-state index contributed by atoms with van der Waals surface area (Å²) in [5, 5.41) is 14.1. The number of rotatable bonds is 4. The number of ether oxygens (including phenoxy) is 1. The zero-order valence-corrected chi connectivity index (χ0v) is 11.6. The van der Waals surface area contributed by atoms with Gasteiger partial charge in [0.1, 0.15) is 5.69 Å². The topological polar surface area (TPSA) is 64.4 Å². The maximum absolute atomic E-state index is 10.9. The second-order valence-corrected chi connectivity index (χ2v) is 5.34. The van der Waals surface area contributed by atoms with E-state index in [-0.39, 0.29) is 16.7 Å². The van der Waals surface area contributed by atoms with Crippen LogP contribution in [0.1, 0.15) is 13.3 Å². The largest absolute Gasteiger partial charge is 0.379 e. The van der Waals surface area contributed by atoms with E-state index in [1.54, 1.807) is 12.1 Å². The minimum absolute atomic E-state index is 0.102. The van der Waals surface area contributed by atoms with Crippen molar-refractivity contribution in [2.45, 2.75) is 19.4 Å². The van der Waals surface area contributed by atoms with Crippen LogP contribution in [0.3, 0.4) is 0 Å². The number of nitrogens with zero attached hydrogens (tertiary/aromatic N) is 1. The number of nitrogens with one attached hydrogen (secondary N) is 1. The Kier molecular flexibility index (Phi) is 4.19. The van der Waals surface area contributed by atoms with Gasteiger partial charge in [-0.2, -0.15) is 0 Å². The average molecular weight is 315 g/mol. The number of benzene rings is 1. The van der Waals surface area contributed by atoms with Gasteiger partial charge in [-0.1, -0.05) is 15.9 Å². The lowest BCUT2D eigenvalue weighted by Gasteiger charge is -2.15. The first-order chi connectivity index (χ1) is 8.58. The van der Waals surface area contributed by atoms with E-state index in [4.69, 9.17) is 4.74 Å². The Morgan fingerprint density at radius 2 is 2.39 bits per heavy atom. The van der Waals surface area contributed by atoms with Gasteiger partial charge in [-0.25, -0.2) is 0 Å². The quantitative estimate of drug-likeness (QED) is 0.684. The summed E-state index contributed by atoms with van der Waals surface area (Å²) in [6.07, 6.45) is 1.21. The van der Waals surface area contributed by atoms with E-state index < -0.39 is 0 Å². The van der Waals surface area contributed by atoms with Crippen LogP contribution in [0.4, 0.5) is 11.4 Å². The Bertz CT molecular complexity index is 453. The fraction of sp³-hybridized carbons (Fsp3) is 0.500. The summed E-state index contributed by atoms with van der Waals surface area (Å²) in [4.78, 5) is 10.5. The molecule has 98 valence electrons. The molecule has 0 amide bonds. The Balaban J connectivity index is 2.08. The van der Waals surface area contributed by atoms with E-state index in [1.807, 2.05) is 6.92 Å². The van der Waals surface area contributed by atoms with E-state index in [1.165, 1.54) is 6.07 Å². The standard InChI is InChI=1S/C12H15BrN2O3/c1-8-9(4-5-18-8)7-14-11-6-10(13)2-3-12(11)15(16)17/h2-3,6,8-9,14H,4-5,7H2,1H3. The second-order valence-electron chi connectivity index (χ2n) is 4.42. The molecule has 1 N–H and O–H groups in total. The predicted octanol–water partition coefficient (Wildman–Crippen LogP) is 3.19. The van der Waals surface area contributed by atoms with Gasteiger partial charge >= 0.3 is 0 Å². The van der Waals surface area contributed by atoms with E-state index in [0.717, 1.165) is 17.5 Å². The molecule has 6 heteroatoms. The van der Waals surface area contributed by atoms with Crippen molar-refractivity contribution in [1.29, 1.82) is 0 Å². The van der Waals surface area contributed by atoms with Gasteiger partial charge < -0.3 is 10.1 Å². The van der Waals surface area contributed by atoms with Crippen molar-refractivity contribution in [3.63, 3.8) is 0 Å². The van der Waals surface area contributed by atoms with Gasteiger partial charge in [-0.3, -0.25) is 10.1 Å². The van der Waals surface area contributed by atoms with E-state index in [0.29, 0.717) is 18.2 Å². The third-order valence-corrected chi connectivity index (χ3v) is 3.74. The van der Waals surface area contributed by atoms with E-state index >= 15 is 0 Å². The molecule has 1 aromatic carbocycles. The molecule has 5 nitrogen and oxygen atoms in total. The molecular weight excluding hydrogens is 300 g/mol. The van der Waals surface area contributed by atoms with E-state index in [9.17, 15) is 10.1 Å². The van der Waals surface area contributed by atoms with E-state index in [2.05, 4.69) is 21.2 Å². The number of halogens is 1. The summed E-state index contributed by atoms with van der Waals surface area (Å²) in [7, 11) is 0. The Morgan fingerprint density at radius 1 is 1.61 bits per heavy atom. The van der Waals surface area contributed by atoms with Crippen molar-refractivity contribution in [3.8, 4) is 0 Å². The third kappa shape index (κ3) is 3.00. The van der Waals surface area contributed by atoms with Gasteiger partial charge in [0, 0.05) is 29.6 Å². The van der Waals surface area contributed by atoms with Crippen LogP contribution in [0.2, 0.25) is 0 Å². The van der Waals surface area contributed by atoms with Crippen LogP contribution in [0, 0.1) is 16.0 Å². The fourth-order valence-corrected chi connectivity index (χ4v) is 2.46. The molecule has 1 heterocycles. The van der Waals surface area contributed by atoms with Crippen molar-refractivity contribution in [2.24, 2.45) is 5.92 Å². The van der Waals surface area contributed by atoms with Gasteiger partial charge in [0.15, 0.2) is 0 Å². The molecule has 0 aromatic heterocycles. The van der Waals surface area contributed by atoms with Gasteiger partial charge in [0.05, 0.1) is 11.0 Å². The molecular formula is C12H15BrN2O3. The number of nitro benzene ring substituents is 1. The summed E-state index contributed by atoms with van der Waals surface area (Å²) in [5.74, 6) is 0.406. The maximum Gasteiger partial charge on any atom is 0.292 e. The van der Waals surface area contributed by atoms with Crippen LogP contribution in [0.5, 0.6) is 0 Å². The zero-order valence-electron chi connectivity index (χ0n) is 10.1. The van der Waals surface area contributed by atoms with Crippen LogP contribution in [0.15, 0.2) is 22.7 Å². The Morgan fingerprint density at radius 3 is 3.00 bits per heavy atom. The van der Waals surface area contributed by atoms with Crippen molar-refractivity contribution < 1.29 is 9.66 Å². The van der Waals surface area contributed by atoms with Gasteiger partial charge in [0.25, 0.3) is 5.69 Å². The summed E-state index contributed by atoms with van der Waals surface area (Å²) < 4.78 is 6.30. The molecule has 0 aliphatic carbocycles. The van der Waals surface area contributed by atoms with Crippen molar-refractivity contribution >= 4 is 27.3 Å². The average Bonchev–Trinajstić information content (AvgIpc) is 2.72. The molecule has 0 bridgehead atoms. The molecule has 0 radical (unpaired) electrons. The molecule has 0 saturated carbocycles. The van der Waals surface area contributed by atoms with Crippen LogP contribution in [-0.4, -0.2) is 24.2 Å². The zero-order chi connectivity index (χ0) is 13.1. The van der Waals surface area contributed by atoms with Crippen molar-refractivity contribution in [2.75, 3.05) is 18.5 Å². The molecule has 2 rings (SSSR count). The summed E-state index contributed by atoms with van der Waals surface area (Å²) in [6.45, 7) is 3.50. The first kappa shape index (κ1) is 13.3. The molecule has 1 aliphatic heterocycles.